The van der Waals surface area contributed by atoms with E-state index in [0.717, 1.165) is 6.42 Å². The highest BCUT2D eigenvalue weighted by molar-refractivity contribution is 5.80. The van der Waals surface area contributed by atoms with E-state index in [4.69, 9.17) is 5.73 Å². The van der Waals surface area contributed by atoms with Crippen LogP contribution in [-0.2, 0) is 4.79 Å². The fourth-order valence-corrected chi connectivity index (χ4v) is 2.47. The van der Waals surface area contributed by atoms with Crippen molar-refractivity contribution in [2.24, 2.45) is 23.5 Å². The maximum Gasteiger partial charge on any atom is 0.223 e. The molecule has 0 saturated heterocycles. The number of fused-ring (bicyclic) bond motifs is 2. The molecule has 1 amide bonds. The number of nitrogens with one attached hydrogen (secondary N) is 1. The van der Waals surface area contributed by atoms with Crippen LogP contribution in [0.5, 0.6) is 0 Å². The van der Waals surface area contributed by atoms with Gasteiger partial charge in [-0.2, -0.15) is 0 Å². The Balaban J connectivity index is 1.84. The molecule has 3 nitrogen and oxygen atoms in total. The minimum Gasteiger partial charge on any atom is -0.354 e. The van der Waals surface area contributed by atoms with E-state index in [1.54, 1.807) is 0 Å². The van der Waals surface area contributed by atoms with Crippen LogP contribution < -0.4 is 11.1 Å². The SMILES string of the molecule is CC(N)CNC(=O)C1CC2C=CC1C2. The van der Waals surface area contributed by atoms with Crippen molar-refractivity contribution in [1.82, 2.24) is 5.32 Å². The van der Waals surface area contributed by atoms with Crippen molar-refractivity contribution in [3.8, 4) is 0 Å². The molecular weight excluding hydrogens is 176 g/mol. The Bertz CT molecular complexity index is 260. The zero-order valence-electron chi connectivity index (χ0n) is 8.57. The van der Waals surface area contributed by atoms with Gasteiger partial charge in [0.05, 0.1) is 0 Å². The van der Waals surface area contributed by atoms with Crippen LogP contribution >= 0.6 is 0 Å². The summed E-state index contributed by atoms with van der Waals surface area (Å²) in [6.45, 7) is 2.50. The first-order valence-corrected chi connectivity index (χ1v) is 5.38. The van der Waals surface area contributed by atoms with Gasteiger partial charge < -0.3 is 11.1 Å². The highest BCUT2D eigenvalue weighted by atomic mass is 16.1. The molecule has 0 radical (unpaired) electrons. The number of carbonyl (C=O) groups is 1. The molecular formula is C11H18N2O. The average molecular weight is 194 g/mol. The van der Waals surface area contributed by atoms with Crippen molar-refractivity contribution >= 4 is 5.91 Å². The van der Waals surface area contributed by atoms with E-state index >= 15 is 0 Å². The Morgan fingerprint density at radius 2 is 2.36 bits per heavy atom. The van der Waals surface area contributed by atoms with Gasteiger partial charge in [-0.15, -0.1) is 0 Å². The second-order valence-corrected chi connectivity index (χ2v) is 4.61. The van der Waals surface area contributed by atoms with Crippen molar-refractivity contribution in [3.63, 3.8) is 0 Å². The molecule has 0 heterocycles. The van der Waals surface area contributed by atoms with Crippen molar-refractivity contribution in [1.29, 1.82) is 0 Å². The molecule has 1 saturated carbocycles. The summed E-state index contributed by atoms with van der Waals surface area (Å²) in [7, 11) is 0. The molecule has 0 spiro atoms. The summed E-state index contributed by atoms with van der Waals surface area (Å²) in [5.74, 6) is 1.56. The molecule has 2 aliphatic rings. The highest BCUT2D eigenvalue weighted by Crippen LogP contribution is 2.43. The summed E-state index contributed by atoms with van der Waals surface area (Å²) >= 11 is 0. The van der Waals surface area contributed by atoms with Crippen molar-refractivity contribution < 1.29 is 4.79 Å². The molecule has 2 bridgehead atoms. The van der Waals surface area contributed by atoms with Gasteiger partial charge in [0, 0.05) is 18.5 Å². The third-order valence-electron chi connectivity index (χ3n) is 3.21. The molecule has 1 fully saturated rings. The van der Waals surface area contributed by atoms with E-state index in [2.05, 4.69) is 17.5 Å². The number of rotatable bonds is 3. The molecule has 0 aromatic carbocycles. The number of nitrogens with two attached hydrogens (primary N) is 1. The first kappa shape index (κ1) is 9.71. The summed E-state index contributed by atoms with van der Waals surface area (Å²) in [4.78, 5) is 11.7. The van der Waals surface area contributed by atoms with Gasteiger partial charge in [0.2, 0.25) is 5.91 Å². The summed E-state index contributed by atoms with van der Waals surface area (Å²) in [6.07, 6.45) is 6.66. The molecule has 78 valence electrons. The van der Waals surface area contributed by atoms with Crippen LogP contribution in [-0.4, -0.2) is 18.5 Å². The van der Waals surface area contributed by atoms with Crippen LogP contribution in [0.4, 0.5) is 0 Å². The molecule has 0 aromatic rings. The third-order valence-corrected chi connectivity index (χ3v) is 3.21. The Morgan fingerprint density at radius 3 is 2.86 bits per heavy atom. The largest absolute Gasteiger partial charge is 0.354 e. The van der Waals surface area contributed by atoms with Gasteiger partial charge >= 0.3 is 0 Å². The van der Waals surface area contributed by atoms with Crippen LogP contribution in [0, 0.1) is 17.8 Å². The predicted octanol–water partition coefficient (Wildman–Crippen LogP) is 0.662. The van der Waals surface area contributed by atoms with E-state index < -0.39 is 0 Å². The molecule has 2 aliphatic carbocycles. The third kappa shape index (κ3) is 1.82. The summed E-state index contributed by atoms with van der Waals surface area (Å²) in [6, 6.07) is 0.0492. The molecule has 0 aromatic heterocycles. The van der Waals surface area contributed by atoms with Gasteiger partial charge in [0.1, 0.15) is 0 Å². The van der Waals surface area contributed by atoms with Crippen LogP contribution in [0.25, 0.3) is 0 Å². The molecule has 2 rings (SSSR count). The number of hydrogen-bond donors (Lipinski definition) is 2. The zero-order chi connectivity index (χ0) is 10.1. The molecule has 14 heavy (non-hydrogen) atoms. The number of allylic oxidation sites excluding steroid dienone is 2. The van der Waals surface area contributed by atoms with Crippen molar-refractivity contribution in [3.05, 3.63) is 12.2 Å². The molecule has 4 atom stereocenters. The zero-order valence-corrected chi connectivity index (χ0v) is 8.57. The van der Waals surface area contributed by atoms with Crippen LogP contribution in [0.3, 0.4) is 0 Å². The normalized spacial score (nSPS) is 36.0. The van der Waals surface area contributed by atoms with Gasteiger partial charge in [0.25, 0.3) is 0 Å². The monoisotopic (exact) mass is 194 g/mol. The van der Waals surface area contributed by atoms with Gasteiger partial charge in [-0.25, -0.2) is 0 Å². The second kappa shape index (κ2) is 3.73. The molecule has 4 unspecified atom stereocenters. The Hall–Kier alpha value is -0.830. The number of amides is 1. The average Bonchev–Trinajstić information content (AvgIpc) is 2.74. The fourth-order valence-electron chi connectivity index (χ4n) is 2.47. The number of hydrogen-bond acceptors (Lipinski definition) is 2. The summed E-state index contributed by atoms with van der Waals surface area (Å²) < 4.78 is 0. The maximum atomic E-state index is 11.7. The Kier molecular flexibility index (Phi) is 2.59. The Labute approximate surface area is 84.7 Å². The first-order valence-electron chi connectivity index (χ1n) is 5.38. The summed E-state index contributed by atoms with van der Waals surface area (Å²) in [5.41, 5.74) is 5.59. The lowest BCUT2D eigenvalue weighted by Gasteiger charge is -2.18. The number of carbonyl (C=O) groups excluding carboxylic acids is 1. The fraction of sp³-hybridized carbons (Fsp3) is 0.727. The van der Waals surface area contributed by atoms with Crippen LogP contribution in [0.2, 0.25) is 0 Å². The lowest BCUT2D eigenvalue weighted by atomic mass is 9.93. The minimum atomic E-state index is 0.0492. The first-order chi connectivity index (χ1) is 6.66. The summed E-state index contributed by atoms with van der Waals surface area (Å²) in [5, 5.41) is 2.91. The second-order valence-electron chi connectivity index (χ2n) is 4.61. The van der Waals surface area contributed by atoms with Gasteiger partial charge in [0.15, 0.2) is 0 Å². The smallest absolute Gasteiger partial charge is 0.223 e. The lowest BCUT2D eigenvalue weighted by Crippen LogP contribution is -2.39. The standard InChI is InChI=1S/C11H18N2O/c1-7(12)6-13-11(14)10-5-8-2-3-9(10)4-8/h2-3,7-10H,4-6,12H2,1H3,(H,13,14). The van der Waals surface area contributed by atoms with E-state index in [-0.39, 0.29) is 17.9 Å². The van der Waals surface area contributed by atoms with Gasteiger partial charge in [-0.05, 0) is 31.6 Å². The van der Waals surface area contributed by atoms with Crippen LogP contribution in [0.1, 0.15) is 19.8 Å². The highest BCUT2D eigenvalue weighted by Gasteiger charge is 2.39. The quantitative estimate of drug-likeness (QED) is 0.648. The van der Waals surface area contributed by atoms with Crippen LogP contribution in [0.15, 0.2) is 12.2 Å². The van der Waals surface area contributed by atoms with E-state index in [1.807, 2.05) is 6.92 Å². The molecule has 3 heteroatoms. The Morgan fingerprint density at radius 1 is 1.57 bits per heavy atom. The minimum absolute atomic E-state index is 0.0492. The lowest BCUT2D eigenvalue weighted by molar-refractivity contribution is -0.125. The predicted molar refractivity (Wildman–Crippen MR) is 55.5 cm³/mol. The van der Waals surface area contributed by atoms with Gasteiger partial charge in [-0.1, -0.05) is 12.2 Å². The van der Waals surface area contributed by atoms with E-state index in [9.17, 15) is 4.79 Å². The van der Waals surface area contributed by atoms with Crippen molar-refractivity contribution in [2.75, 3.05) is 6.54 Å². The topological polar surface area (TPSA) is 55.1 Å². The van der Waals surface area contributed by atoms with Crippen molar-refractivity contribution in [2.45, 2.75) is 25.8 Å². The van der Waals surface area contributed by atoms with E-state index in [1.165, 1.54) is 6.42 Å². The molecule has 3 N–H and O–H groups in total. The maximum absolute atomic E-state index is 11.7. The molecule has 0 aliphatic heterocycles. The van der Waals surface area contributed by atoms with E-state index in [0.29, 0.717) is 18.4 Å². The van der Waals surface area contributed by atoms with Gasteiger partial charge in [-0.3, -0.25) is 4.79 Å².